The van der Waals surface area contributed by atoms with Crippen LogP contribution in [0.5, 0.6) is 5.75 Å². The molecule has 4 heterocycles. The number of hydrogen-bond donors (Lipinski definition) is 2. The van der Waals surface area contributed by atoms with Gasteiger partial charge in [-0.2, -0.15) is 5.10 Å². The average Bonchev–Trinajstić information content (AvgIpc) is 3.25. The van der Waals surface area contributed by atoms with E-state index >= 15 is 0 Å². The summed E-state index contributed by atoms with van der Waals surface area (Å²) in [6.45, 7) is 3.15. The Morgan fingerprint density at radius 3 is 3.03 bits per heavy atom. The summed E-state index contributed by atoms with van der Waals surface area (Å²) in [5, 5.41) is 12.2. The Labute approximate surface area is 185 Å². The zero-order chi connectivity index (χ0) is 21.5. The van der Waals surface area contributed by atoms with Crippen molar-refractivity contribution in [3.63, 3.8) is 0 Å². The van der Waals surface area contributed by atoms with Gasteiger partial charge in [-0.05, 0) is 43.2 Å². The van der Waals surface area contributed by atoms with E-state index < -0.39 is 0 Å². The average molecular weight is 429 g/mol. The molecule has 32 heavy (non-hydrogen) atoms. The second kappa shape index (κ2) is 7.91. The number of aromatic amines is 1. The number of halogens is 1. The lowest BCUT2D eigenvalue weighted by atomic mass is 10.0. The first-order valence-electron chi connectivity index (χ1n) is 11.1. The Bertz CT molecular complexity index is 1290. The van der Waals surface area contributed by atoms with Crippen LogP contribution in [-0.2, 0) is 0 Å². The zero-order valence-corrected chi connectivity index (χ0v) is 17.6. The van der Waals surface area contributed by atoms with Crippen molar-refractivity contribution in [2.24, 2.45) is 0 Å². The van der Waals surface area contributed by atoms with Gasteiger partial charge < -0.3 is 15.0 Å². The van der Waals surface area contributed by atoms with Crippen LogP contribution in [-0.4, -0.2) is 47.5 Å². The molecule has 1 unspecified atom stereocenters. The third-order valence-corrected chi connectivity index (χ3v) is 6.38. The molecule has 2 aromatic carbocycles. The van der Waals surface area contributed by atoms with Crippen molar-refractivity contribution in [2.45, 2.75) is 18.9 Å². The Morgan fingerprint density at radius 1 is 1.12 bits per heavy atom. The molecule has 0 saturated carbocycles. The number of fused-ring (bicyclic) bond motifs is 9. The summed E-state index contributed by atoms with van der Waals surface area (Å²) < 4.78 is 20.9. The highest BCUT2D eigenvalue weighted by molar-refractivity contribution is 5.95. The van der Waals surface area contributed by atoms with E-state index in [1.165, 1.54) is 11.8 Å². The summed E-state index contributed by atoms with van der Waals surface area (Å²) in [5.74, 6) is 0.154. The molecule has 7 heteroatoms. The molecule has 0 radical (unpaired) electrons. The van der Waals surface area contributed by atoms with Gasteiger partial charge in [0.05, 0.1) is 23.0 Å². The number of hydrogen-bond acceptors (Lipinski definition) is 5. The highest BCUT2D eigenvalue weighted by Gasteiger charge is 2.22. The number of nitrogens with one attached hydrogen (secondary N) is 2. The van der Waals surface area contributed by atoms with Crippen molar-refractivity contribution in [1.29, 1.82) is 0 Å². The maximum atomic E-state index is 14.9. The number of rotatable bonds is 0. The zero-order valence-electron chi connectivity index (χ0n) is 17.6. The molecule has 2 N–H and O–H groups in total. The Hall–Kier alpha value is -3.45. The summed E-state index contributed by atoms with van der Waals surface area (Å²) in [7, 11) is 0. The van der Waals surface area contributed by atoms with Gasteiger partial charge in [0.25, 0.3) is 0 Å². The fraction of sp³-hybridized carbons (Fsp3) is 0.280. The number of aromatic nitrogens is 3. The molecule has 2 aliphatic rings. The largest absolute Gasteiger partial charge is 0.491 e. The molecule has 2 aliphatic heterocycles. The Balaban J connectivity index is 1.53. The van der Waals surface area contributed by atoms with Crippen molar-refractivity contribution in [2.75, 3.05) is 31.1 Å². The van der Waals surface area contributed by atoms with Crippen LogP contribution in [0.2, 0.25) is 0 Å². The fourth-order valence-electron chi connectivity index (χ4n) is 4.80. The van der Waals surface area contributed by atoms with Gasteiger partial charge in [-0.15, -0.1) is 0 Å². The van der Waals surface area contributed by atoms with Gasteiger partial charge in [0.1, 0.15) is 23.9 Å². The first-order chi connectivity index (χ1) is 15.8. The molecule has 162 valence electrons. The van der Waals surface area contributed by atoms with Crippen LogP contribution >= 0.6 is 0 Å². The van der Waals surface area contributed by atoms with E-state index in [9.17, 15) is 4.39 Å². The van der Waals surface area contributed by atoms with E-state index in [4.69, 9.17) is 4.74 Å². The topological polar surface area (TPSA) is 66.1 Å². The van der Waals surface area contributed by atoms with Gasteiger partial charge in [-0.1, -0.05) is 18.2 Å². The highest BCUT2D eigenvalue weighted by Crippen LogP contribution is 2.36. The Kier molecular flexibility index (Phi) is 4.76. The first-order valence-corrected chi connectivity index (χ1v) is 11.1. The van der Waals surface area contributed by atoms with E-state index in [2.05, 4.69) is 49.7 Å². The van der Waals surface area contributed by atoms with Crippen LogP contribution < -0.4 is 15.0 Å². The third kappa shape index (κ3) is 3.39. The summed E-state index contributed by atoms with van der Waals surface area (Å²) in [4.78, 5) is 6.94. The Morgan fingerprint density at radius 2 is 2.06 bits per heavy atom. The smallest absolute Gasteiger partial charge is 0.136 e. The quantitative estimate of drug-likeness (QED) is 0.434. The maximum Gasteiger partial charge on any atom is 0.136 e. The van der Waals surface area contributed by atoms with Gasteiger partial charge in [-0.3, -0.25) is 10.1 Å². The van der Waals surface area contributed by atoms with Crippen molar-refractivity contribution in [3.05, 3.63) is 60.5 Å². The lowest BCUT2D eigenvalue weighted by molar-refractivity contribution is 0.298. The summed E-state index contributed by atoms with van der Waals surface area (Å²) in [6.07, 6.45) is 3.98. The van der Waals surface area contributed by atoms with Crippen molar-refractivity contribution in [3.8, 4) is 28.3 Å². The normalized spacial score (nSPS) is 18.4. The minimum atomic E-state index is -0.349. The standard InChI is InChI=1S/C25H24FN5O/c26-20-7-2-8-23-24(20)21-13-19-22(14-28-21)29-30-25(19)16-4-1-6-18(12-16)31-10-3-5-17(15-31)27-9-11-32-23/h1-2,4,6-8,12-14,17,27H,3,5,9-11,15H2,(H,29,30). The van der Waals surface area contributed by atoms with Gasteiger partial charge in [0.2, 0.25) is 0 Å². The molecule has 2 aromatic heterocycles. The summed E-state index contributed by atoms with van der Waals surface area (Å²) in [5.41, 5.74) is 4.79. The molecule has 6 nitrogen and oxygen atoms in total. The number of anilines is 1. The van der Waals surface area contributed by atoms with E-state index in [1.54, 1.807) is 18.3 Å². The molecular weight excluding hydrogens is 405 g/mol. The SMILES string of the molecule is Fc1cccc2c1-c1cc3c(n[nH]c3cn1)-c1cccc(c1)N1CCCC(C1)NCCO2. The summed E-state index contributed by atoms with van der Waals surface area (Å²) >= 11 is 0. The first kappa shape index (κ1) is 19.3. The molecule has 0 spiro atoms. The number of piperidine rings is 1. The fourth-order valence-corrected chi connectivity index (χ4v) is 4.80. The van der Waals surface area contributed by atoms with Gasteiger partial charge in [0.15, 0.2) is 0 Å². The molecule has 1 atom stereocenters. The predicted octanol–water partition coefficient (Wildman–Crippen LogP) is 4.38. The van der Waals surface area contributed by atoms with Crippen LogP contribution in [0, 0.1) is 5.82 Å². The lowest BCUT2D eigenvalue weighted by Gasteiger charge is -2.35. The molecule has 6 rings (SSSR count). The van der Waals surface area contributed by atoms with Gasteiger partial charge in [0, 0.05) is 42.3 Å². The molecule has 0 amide bonds. The third-order valence-electron chi connectivity index (χ3n) is 6.38. The number of nitrogens with zero attached hydrogens (tertiary/aromatic N) is 3. The van der Waals surface area contributed by atoms with Gasteiger partial charge in [-0.25, -0.2) is 4.39 Å². The molecular formula is C25H24FN5O. The van der Waals surface area contributed by atoms with E-state index in [-0.39, 0.29) is 5.82 Å². The minimum Gasteiger partial charge on any atom is -0.491 e. The molecule has 0 aliphatic carbocycles. The highest BCUT2D eigenvalue weighted by atomic mass is 19.1. The number of pyridine rings is 1. The summed E-state index contributed by atoms with van der Waals surface area (Å²) in [6, 6.07) is 15.7. The van der Waals surface area contributed by atoms with E-state index in [0.717, 1.165) is 48.1 Å². The molecule has 1 saturated heterocycles. The van der Waals surface area contributed by atoms with Crippen molar-refractivity contribution < 1.29 is 9.13 Å². The second-order valence-electron chi connectivity index (χ2n) is 8.44. The van der Waals surface area contributed by atoms with Crippen LogP contribution in [0.25, 0.3) is 33.4 Å². The van der Waals surface area contributed by atoms with Crippen molar-refractivity contribution in [1.82, 2.24) is 20.5 Å². The van der Waals surface area contributed by atoms with Crippen LogP contribution in [0.1, 0.15) is 12.8 Å². The van der Waals surface area contributed by atoms with Gasteiger partial charge >= 0.3 is 0 Å². The maximum absolute atomic E-state index is 14.9. The second-order valence-corrected chi connectivity index (χ2v) is 8.44. The number of ether oxygens (including phenoxy) is 1. The monoisotopic (exact) mass is 429 g/mol. The lowest BCUT2D eigenvalue weighted by Crippen LogP contribution is -2.46. The minimum absolute atomic E-state index is 0.349. The predicted molar refractivity (Wildman–Crippen MR) is 123 cm³/mol. The van der Waals surface area contributed by atoms with E-state index in [0.29, 0.717) is 36.2 Å². The molecule has 4 aromatic rings. The van der Waals surface area contributed by atoms with Crippen LogP contribution in [0.15, 0.2) is 54.7 Å². The number of H-pyrrole nitrogens is 1. The van der Waals surface area contributed by atoms with Crippen LogP contribution in [0.4, 0.5) is 10.1 Å². The molecule has 6 bridgehead atoms. The molecule has 1 fully saturated rings. The van der Waals surface area contributed by atoms with Crippen molar-refractivity contribution >= 4 is 16.6 Å². The van der Waals surface area contributed by atoms with E-state index in [1.807, 2.05) is 6.07 Å². The van der Waals surface area contributed by atoms with Crippen LogP contribution in [0.3, 0.4) is 0 Å². The number of benzene rings is 2.